The highest BCUT2D eigenvalue weighted by Crippen LogP contribution is 2.34. The second kappa shape index (κ2) is 18.3. The van der Waals surface area contributed by atoms with Crippen molar-refractivity contribution in [3.63, 3.8) is 0 Å². The van der Waals surface area contributed by atoms with E-state index in [2.05, 4.69) is 48.5 Å². The lowest BCUT2D eigenvalue weighted by Crippen LogP contribution is -2.54. The van der Waals surface area contributed by atoms with Gasteiger partial charge in [-0.3, -0.25) is 9.59 Å². The number of nitrogens with one attached hydrogen (secondary N) is 4. The zero-order valence-corrected chi connectivity index (χ0v) is 33.5. The van der Waals surface area contributed by atoms with Crippen molar-refractivity contribution in [2.75, 3.05) is 34.4 Å². The fraction of sp³-hybridized carbons (Fsp3) is 0.452. The van der Waals surface area contributed by atoms with Crippen molar-refractivity contribution in [3.05, 3.63) is 71.2 Å². The first-order chi connectivity index (χ1) is 28.0. The van der Waals surface area contributed by atoms with Crippen LogP contribution in [-0.4, -0.2) is 106 Å². The van der Waals surface area contributed by atoms with Gasteiger partial charge in [0.25, 0.3) is 0 Å². The molecule has 0 aliphatic carbocycles. The molecule has 4 heterocycles. The molecule has 0 spiro atoms. The molecule has 2 saturated heterocycles. The van der Waals surface area contributed by atoms with Crippen molar-refractivity contribution < 1.29 is 33.4 Å². The molecule has 2 fully saturated rings. The lowest BCUT2D eigenvalue weighted by atomic mass is 9.97. The number of ether oxygens (including phenoxy) is 3. The van der Waals surface area contributed by atoms with Gasteiger partial charge in [0.1, 0.15) is 35.5 Å². The summed E-state index contributed by atoms with van der Waals surface area (Å²) in [5, 5.41) is 17.2. The molecule has 0 radical (unpaired) electrons. The Morgan fingerprint density at radius 3 is 2.12 bits per heavy atom. The number of nitrogens with zero attached hydrogens (tertiary/aromatic N) is 5. The molecule has 6 atom stereocenters. The first-order valence-electron chi connectivity index (χ1n) is 19.4. The number of alkyl carbamates (subject to hydrolysis) is 2. The summed E-state index contributed by atoms with van der Waals surface area (Å²) < 4.78 is 14.9. The first kappa shape index (κ1) is 41.2. The molecule has 6 unspecified atom stereocenters. The number of aromatic amines is 2. The average molecular weight is 792 g/mol. The minimum absolute atomic E-state index is 0.122. The van der Waals surface area contributed by atoms with Crippen LogP contribution in [-0.2, 0) is 23.8 Å². The number of H-pyrrole nitrogens is 2. The average Bonchev–Trinajstić information content (AvgIpc) is 4.09. The van der Waals surface area contributed by atoms with Crippen LogP contribution < -0.4 is 10.6 Å². The largest absolute Gasteiger partial charge is 0.453 e. The number of hydrogen-bond donors (Lipinski definition) is 4. The number of imidazole rings is 2. The second-order valence-electron chi connectivity index (χ2n) is 14.6. The third kappa shape index (κ3) is 8.77. The van der Waals surface area contributed by atoms with Gasteiger partial charge < -0.3 is 44.6 Å². The number of benzene rings is 2. The summed E-state index contributed by atoms with van der Waals surface area (Å²) in [6.07, 6.45) is 3.40. The Morgan fingerprint density at radius 1 is 0.862 bits per heavy atom. The van der Waals surface area contributed by atoms with E-state index in [4.69, 9.17) is 14.2 Å². The molecule has 304 valence electrons. The SMILES string of the molecule is CCC(C)C(NC(=O)OC)C(=O)N1CCCC1c1nc(C#N)c(C#Cc2ccc3cc(-c4cnc(C5CCCN5C(=O)C(NC(=O)OC)C(C)OC)[nH]4)ccc3c2)[nH]1. The van der Waals surface area contributed by atoms with Gasteiger partial charge in [-0.15, -0.1) is 0 Å². The summed E-state index contributed by atoms with van der Waals surface area (Å²) in [5.41, 5.74) is 2.95. The predicted molar refractivity (Wildman–Crippen MR) is 213 cm³/mol. The van der Waals surface area contributed by atoms with Crippen LogP contribution in [0.3, 0.4) is 0 Å². The van der Waals surface area contributed by atoms with Crippen LogP contribution in [0.15, 0.2) is 42.6 Å². The molecule has 0 bridgehead atoms. The van der Waals surface area contributed by atoms with Gasteiger partial charge in [-0.1, -0.05) is 44.4 Å². The number of carbonyl (C=O) groups is 4. The van der Waals surface area contributed by atoms with Gasteiger partial charge in [-0.05, 0) is 73.4 Å². The second-order valence-corrected chi connectivity index (χ2v) is 14.6. The summed E-state index contributed by atoms with van der Waals surface area (Å²) in [6.45, 7) is 6.60. The van der Waals surface area contributed by atoms with E-state index in [0.29, 0.717) is 43.3 Å². The molecule has 2 aromatic heterocycles. The maximum atomic E-state index is 13.7. The van der Waals surface area contributed by atoms with Gasteiger partial charge in [0.05, 0.1) is 44.3 Å². The number of fused-ring (bicyclic) bond motifs is 1. The fourth-order valence-electron chi connectivity index (χ4n) is 7.56. The predicted octanol–water partition coefficient (Wildman–Crippen LogP) is 5.08. The van der Waals surface area contributed by atoms with E-state index in [0.717, 1.165) is 46.9 Å². The van der Waals surface area contributed by atoms with E-state index in [1.54, 1.807) is 22.9 Å². The molecule has 58 heavy (non-hydrogen) atoms. The normalized spacial score (nSPS) is 18.4. The first-order valence-corrected chi connectivity index (χ1v) is 19.4. The highest BCUT2D eigenvalue weighted by atomic mass is 16.5. The minimum Gasteiger partial charge on any atom is -0.453 e. The molecule has 6 rings (SSSR count). The number of amides is 4. The van der Waals surface area contributed by atoms with E-state index < -0.39 is 36.4 Å². The molecule has 2 aliphatic heterocycles. The van der Waals surface area contributed by atoms with Gasteiger partial charge in [0.15, 0.2) is 5.69 Å². The molecule has 2 aromatic carbocycles. The van der Waals surface area contributed by atoms with Crippen molar-refractivity contribution in [1.82, 2.24) is 40.4 Å². The van der Waals surface area contributed by atoms with Crippen molar-refractivity contribution in [1.29, 1.82) is 5.26 Å². The third-order valence-corrected chi connectivity index (χ3v) is 11.1. The number of hydrogen-bond acceptors (Lipinski definition) is 10. The van der Waals surface area contributed by atoms with Crippen LogP contribution in [0.2, 0.25) is 0 Å². The Labute approximate surface area is 337 Å². The Bertz CT molecular complexity index is 2270. The summed E-state index contributed by atoms with van der Waals surface area (Å²) in [7, 11) is 4.00. The van der Waals surface area contributed by atoms with Crippen molar-refractivity contribution >= 4 is 34.8 Å². The Hall–Kier alpha value is -6.39. The molecule has 4 N–H and O–H groups in total. The van der Waals surface area contributed by atoms with Crippen LogP contribution in [0.25, 0.3) is 22.0 Å². The highest BCUT2D eigenvalue weighted by molar-refractivity contribution is 5.89. The van der Waals surface area contributed by atoms with Gasteiger partial charge >= 0.3 is 12.2 Å². The summed E-state index contributed by atoms with van der Waals surface area (Å²) in [4.78, 5) is 70.7. The van der Waals surface area contributed by atoms with E-state index in [-0.39, 0.29) is 29.5 Å². The Morgan fingerprint density at radius 2 is 1.48 bits per heavy atom. The number of aromatic nitrogens is 4. The number of carbonyl (C=O) groups excluding carboxylic acids is 4. The molecule has 0 saturated carbocycles. The van der Waals surface area contributed by atoms with Crippen LogP contribution >= 0.6 is 0 Å². The maximum Gasteiger partial charge on any atom is 0.407 e. The molecule has 4 aromatic rings. The zero-order chi connectivity index (χ0) is 41.5. The van der Waals surface area contributed by atoms with Crippen LogP contribution in [0, 0.1) is 29.1 Å². The van der Waals surface area contributed by atoms with Crippen LogP contribution in [0.1, 0.15) is 93.6 Å². The van der Waals surface area contributed by atoms with Crippen molar-refractivity contribution in [3.8, 4) is 29.2 Å². The van der Waals surface area contributed by atoms with Gasteiger partial charge in [-0.2, -0.15) is 5.26 Å². The maximum absolute atomic E-state index is 13.7. The standard InChI is InChI=1S/C42H49N9O7/c1-7-24(2)35(48-41(54)57-5)39(52)51-19-9-11-34(51)38-45-30(31(22-43)46-38)17-13-26-12-14-28-21-29(16-15-27(28)20-26)32-23-44-37(47-32)33-10-8-18-50(33)40(53)36(25(3)56-4)49-42(55)58-6/h12,14-16,20-21,23-25,33-36H,7-11,18-19H2,1-6H3,(H,44,47)(H,45,46)(H,48,54)(H,49,55). The Kier molecular flexibility index (Phi) is 13.0. The van der Waals surface area contributed by atoms with Crippen LogP contribution in [0.5, 0.6) is 0 Å². The molecule has 2 aliphatic rings. The number of methoxy groups -OCH3 is 3. The minimum atomic E-state index is -0.917. The molecule has 16 nitrogen and oxygen atoms in total. The van der Waals surface area contributed by atoms with Crippen molar-refractivity contribution in [2.45, 2.75) is 83.1 Å². The zero-order valence-electron chi connectivity index (χ0n) is 33.5. The van der Waals surface area contributed by atoms with E-state index in [9.17, 15) is 24.4 Å². The number of rotatable bonds is 11. The lowest BCUT2D eigenvalue weighted by Gasteiger charge is -2.30. The quantitative estimate of drug-likeness (QED) is 0.148. The number of nitriles is 1. The molecule has 4 amide bonds. The van der Waals surface area contributed by atoms with E-state index in [1.165, 1.54) is 21.3 Å². The van der Waals surface area contributed by atoms with Crippen LogP contribution in [0.4, 0.5) is 9.59 Å². The summed E-state index contributed by atoms with van der Waals surface area (Å²) in [6, 6.07) is 11.7. The molecule has 16 heteroatoms. The molecular formula is C42H49N9O7. The smallest absolute Gasteiger partial charge is 0.407 e. The monoisotopic (exact) mass is 791 g/mol. The van der Waals surface area contributed by atoms with E-state index >= 15 is 0 Å². The number of likely N-dealkylation sites (tertiary alicyclic amines) is 2. The van der Waals surface area contributed by atoms with Crippen molar-refractivity contribution in [2.24, 2.45) is 5.92 Å². The Balaban J connectivity index is 1.17. The van der Waals surface area contributed by atoms with E-state index in [1.807, 2.05) is 50.2 Å². The van der Waals surface area contributed by atoms with Gasteiger partial charge in [0, 0.05) is 31.3 Å². The topological polar surface area (TPSA) is 208 Å². The highest BCUT2D eigenvalue weighted by Gasteiger charge is 2.40. The summed E-state index contributed by atoms with van der Waals surface area (Å²) >= 11 is 0. The molecular weight excluding hydrogens is 743 g/mol. The lowest BCUT2D eigenvalue weighted by molar-refractivity contribution is -0.137. The van der Waals surface area contributed by atoms with Gasteiger partial charge in [-0.25, -0.2) is 19.6 Å². The third-order valence-electron chi connectivity index (χ3n) is 11.1. The van der Waals surface area contributed by atoms with Gasteiger partial charge in [0.2, 0.25) is 11.8 Å². The summed E-state index contributed by atoms with van der Waals surface area (Å²) in [5.74, 6) is 6.77. The fourth-order valence-corrected chi connectivity index (χ4v) is 7.56.